The highest BCUT2D eigenvalue weighted by Gasteiger charge is 2.04. The molecule has 0 amide bonds. The molecule has 0 aliphatic carbocycles. The highest BCUT2D eigenvalue weighted by Crippen LogP contribution is 2.23. The van der Waals surface area contributed by atoms with Crippen molar-refractivity contribution in [2.75, 3.05) is 12.0 Å². The van der Waals surface area contributed by atoms with Crippen LogP contribution in [0.3, 0.4) is 0 Å². The number of hydrogen-bond acceptors (Lipinski definition) is 6. The Morgan fingerprint density at radius 1 is 1.15 bits per heavy atom. The third-order valence-electron chi connectivity index (χ3n) is 2.48. The average molecular weight is 274 g/mol. The number of nitrogens with two attached hydrogens (primary N) is 1. The second-order valence-electron chi connectivity index (χ2n) is 4.24. The minimum atomic E-state index is 0.322. The molecule has 0 saturated carbocycles. The zero-order chi connectivity index (χ0) is 14.4. The van der Waals surface area contributed by atoms with Crippen molar-refractivity contribution in [2.24, 2.45) is 5.84 Å². The van der Waals surface area contributed by atoms with Gasteiger partial charge in [-0.2, -0.15) is 4.98 Å². The predicted octanol–water partition coefficient (Wildman–Crippen LogP) is 2.65. The highest BCUT2D eigenvalue weighted by molar-refractivity contribution is 5.35. The number of aryl methyl sites for hydroxylation is 1. The van der Waals surface area contributed by atoms with Crippen molar-refractivity contribution < 1.29 is 9.47 Å². The molecular formula is C14H18N4O2. The zero-order valence-electron chi connectivity index (χ0n) is 11.6. The lowest BCUT2D eigenvalue weighted by Gasteiger charge is -2.08. The van der Waals surface area contributed by atoms with Gasteiger partial charge in [-0.15, -0.1) is 0 Å². The van der Waals surface area contributed by atoms with E-state index < -0.39 is 0 Å². The van der Waals surface area contributed by atoms with E-state index in [4.69, 9.17) is 15.3 Å². The van der Waals surface area contributed by atoms with Gasteiger partial charge in [0.25, 0.3) is 0 Å². The Morgan fingerprint density at radius 2 is 1.85 bits per heavy atom. The van der Waals surface area contributed by atoms with Crippen LogP contribution in [-0.4, -0.2) is 16.6 Å². The zero-order valence-corrected chi connectivity index (χ0v) is 11.6. The van der Waals surface area contributed by atoms with E-state index in [1.807, 2.05) is 31.2 Å². The van der Waals surface area contributed by atoms with Crippen LogP contribution in [0.15, 0.2) is 30.3 Å². The summed E-state index contributed by atoms with van der Waals surface area (Å²) < 4.78 is 11.2. The van der Waals surface area contributed by atoms with Gasteiger partial charge >= 0.3 is 0 Å². The first-order valence-electron chi connectivity index (χ1n) is 6.44. The van der Waals surface area contributed by atoms with E-state index in [-0.39, 0.29) is 0 Å². The molecule has 1 aromatic heterocycles. The number of rotatable bonds is 6. The molecule has 0 unspecified atom stereocenters. The quantitative estimate of drug-likeness (QED) is 0.622. The molecule has 0 fully saturated rings. The second kappa shape index (κ2) is 6.72. The molecule has 6 nitrogen and oxygen atoms in total. The Hall–Kier alpha value is -2.34. The van der Waals surface area contributed by atoms with Crippen molar-refractivity contribution in [1.29, 1.82) is 0 Å². The maximum atomic E-state index is 5.66. The molecular weight excluding hydrogens is 256 g/mol. The van der Waals surface area contributed by atoms with Gasteiger partial charge in [-0.25, -0.2) is 10.8 Å². The van der Waals surface area contributed by atoms with E-state index >= 15 is 0 Å². The number of ether oxygens (including phenoxy) is 2. The summed E-state index contributed by atoms with van der Waals surface area (Å²) in [7, 11) is 0. The Kier molecular flexibility index (Phi) is 4.73. The number of hydrazine groups is 1. The average Bonchev–Trinajstić information content (AvgIpc) is 2.46. The van der Waals surface area contributed by atoms with Crippen molar-refractivity contribution in [3.63, 3.8) is 0 Å². The molecule has 20 heavy (non-hydrogen) atoms. The van der Waals surface area contributed by atoms with Crippen LogP contribution in [0, 0.1) is 6.92 Å². The summed E-state index contributed by atoms with van der Waals surface area (Å²) in [6.45, 7) is 4.62. The normalized spacial score (nSPS) is 10.2. The molecule has 6 heteroatoms. The van der Waals surface area contributed by atoms with Gasteiger partial charge in [-0.05, 0) is 37.6 Å². The topological polar surface area (TPSA) is 82.3 Å². The van der Waals surface area contributed by atoms with E-state index in [9.17, 15) is 0 Å². The number of aromatic nitrogens is 2. The van der Waals surface area contributed by atoms with Crippen LogP contribution in [0.4, 0.5) is 5.95 Å². The third kappa shape index (κ3) is 3.83. The van der Waals surface area contributed by atoms with Gasteiger partial charge in [0, 0.05) is 11.8 Å². The van der Waals surface area contributed by atoms with E-state index in [0.717, 1.165) is 17.9 Å². The Labute approximate surface area is 117 Å². The molecule has 0 atom stereocenters. The third-order valence-corrected chi connectivity index (χ3v) is 2.48. The fourth-order valence-corrected chi connectivity index (χ4v) is 1.60. The van der Waals surface area contributed by atoms with E-state index in [0.29, 0.717) is 24.2 Å². The van der Waals surface area contributed by atoms with E-state index in [1.165, 1.54) is 0 Å². The van der Waals surface area contributed by atoms with Crippen molar-refractivity contribution >= 4 is 5.95 Å². The van der Waals surface area contributed by atoms with Crippen LogP contribution in [0.25, 0.3) is 0 Å². The highest BCUT2D eigenvalue weighted by atomic mass is 16.5. The molecule has 0 saturated heterocycles. The maximum Gasteiger partial charge on any atom is 0.240 e. The van der Waals surface area contributed by atoms with Crippen LogP contribution in [0.5, 0.6) is 17.4 Å². The largest absolute Gasteiger partial charge is 0.494 e. The summed E-state index contributed by atoms with van der Waals surface area (Å²) in [5, 5.41) is 0. The number of nitrogens with one attached hydrogen (secondary N) is 1. The summed E-state index contributed by atoms with van der Waals surface area (Å²) in [4.78, 5) is 8.21. The van der Waals surface area contributed by atoms with Gasteiger partial charge in [-0.1, -0.05) is 6.92 Å². The fraction of sp³-hybridized carbons (Fsp3) is 0.286. The van der Waals surface area contributed by atoms with Gasteiger partial charge in [0.1, 0.15) is 11.5 Å². The first-order valence-corrected chi connectivity index (χ1v) is 6.44. The molecule has 0 radical (unpaired) electrons. The molecule has 1 aromatic carbocycles. The molecule has 0 bridgehead atoms. The van der Waals surface area contributed by atoms with E-state index in [1.54, 1.807) is 6.07 Å². The second-order valence-corrected chi connectivity index (χ2v) is 4.24. The molecule has 2 rings (SSSR count). The SMILES string of the molecule is CCCOc1ccc(Oc2cc(C)nc(NN)n2)cc1. The van der Waals surface area contributed by atoms with Crippen LogP contribution in [0.1, 0.15) is 19.0 Å². The van der Waals surface area contributed by atoms with Crippen molar-refractivity contribution in [2.45, 2.75) is 20.3 Å². The van der Waals surface area contributed by atoms with Gasteiger partial charge in [0.15, 0.2) is 0 Å². The molecule has 2 aromatic rings. The number of nitrogen functional groups attached to an aromatic ring is 1. The van der Waals surface area contributed by atoms with E-state index in [2.05, 4.69) is 22.3 Å². The standard InChI is InChI=1S/C14H18N4O2/c1-3-8-19-11-4-6-12(7-5-11)20-13-9-10(2)16-14(17-13)18-15/h4-7,9H,3,8,15H2,1-2H3,(H,16,17,18). The summed E-state index contributed by atoms with van der Waals surface area (Å²) in [6.07, 6.45) is 0.979. The Balaban J connectivity index is 2.07. The minimum absolute atomic E-state index is 0.322. The maximum absolute atomic E-state index is 5.66. The first kappa shape index (κ1) is 14.1. The van der Waals surface area contributed by atoms with Crippen molar-refractivity contribution in [3.8, 4) is 17.4 Å². The first-order chi connectivity index (χ1) is 9.71. The van der Waals surface area contributed by atoms with Crippen LogP contribution >= 0.6 is 0 Å². The van der Waals surface area contributed by atoms with Crippen LogP contribution < -0.4 is 20.7 Å². The van der Waals surface area contributed by atoms with Crippen LogP contribution in [0.2, 0.25) is 0 Å². The Bertz CT molecular complexity index is 558. The van der Waals surface area contributed by atoms with Gasteiger partial charge in [0.05, 0.1) is 6.61 Å². The molecule has 0 spiro atoms. The number of benzene rings is 1. The lowest BCUT2D eigenvalue weighted by molar-refractivity contribution is 0.317. The predicted molar refractivity (Wildman–Crippen MR) is 76.9 cm³/mol. The van der Waals surface area contributed by atoms with Gasteiger partial charge in [-0.3, -0.25) is 5.43 Å². The van der Waals surface area contributed by atoms with Gasteiger partial charge in [0.2, 0.25) is 11.8 Å². The summed E-state index contributed by atoms with van der Waals surface area (Å²) in [5.74, 6) is 7.56. The van der Waals surface area contributed by atoms with Crippen LogP contribution in [-0.2, 0) is 0 Å². The van der Waals surface area contributed by atoms with Gasteiger partial charge < -0.3 is 9.47 Å². The fourth-order valence-electron chi connectivity index (χ4n) is 1.60. The minimum Gasteiger partial charge on any atom is -0.494 e. The Morgan fingerprint density at radius 3 is 2.50 bits per heavy atom. The van der Waals surface area contributed by atoms with Crippen molar-refractivity contribution in [3.05, 3.63) is 36.0 Å². The molecule has 3 N–H and O–H groups in total. The lowest BCUT2D eigenvalue weighted by atomic mass is 10.3. The molecule has 0 aliphatic rings. The van der Waals surface area contributed by atoms with Crippen molar-refractivity contribution in [1.82, 2.24) is 9.97 Å². The molecule has 0 aliphatic heterocycles. The summed E-state index contributed by atoms with van der Waals surface area (Å²) in [5.41, 5.74) is 3.17. The summed E-state index contributed by atoms with van der Waals surface area (Å²) >= 11 is 0. The lowest BCUT2D eigenvalue weighted by Crippen LogP contribution is -2.11. The monoisotopic (exact) mass is 274 g/mol. The molecule has 1 heterocycles. The summed E-state index contributed by atoms with van der Waals surface area (Å²) in [6, 6.07) is 9.13. The number of nitrogens with zero attached hydrogens (tertiary/aromatic N) is 2. The smallest absolute Gasteiger partial charge is 0.240 e. The molecule has 106 valence electrons. The number of hydrogen-bond donors (Lipinski definition) is 2. The number of anilines is 1.